The van der Waals surface area contributed by atoms with E-state index in [1.54, 1.807) is 36.8 Å². The summed E-state index contributed by atoms with van der Waals surface area (Å²) in [5, 5.41) is 3.02. The fourth-order valence-electron chi connectivity index (χ4n) is 10.2. The van der Waals surface area contributed by atoms with E-state index < -0.39 is 24.7 Å². The van der Waals surface area contributed by atoms with Gasteiger partial charge in [-0.2, -0.15) is 0 Å². The standard InChI is InChI=1S/C63H63N9O3Si3/c1-40-22-25-43-16-13-19-52(58(43)67-40)55-31-28-49(37-64-55)70(76(4,5)6)61(73)46-34-47(62(74)71(77(7,8)9)50-29-32-56(65-38-50)53-20-14-17-44-26-23-41(2)68-59(44)53)36-48(35-46)63(75)72(78(10,11)12)51-30-33-57(66-39-51)54-21-15-18-45-27-24-42(3)69-60(45)54/h13-39H,1-12H3. The van der Waals surface area contributed by atoms with Crippen molar-refractivity contribution in [3.8, 4) is 33.8 Å². The SMILES string of the molecule is Cc1ccc2cccc(-c3ccc(N(C(=O)c4cc(C(=O)N(c5ccc(-c6cccc7ccc(C)nc67)nc5)[Si](C)(C)C)cc(C(=O)N(c5ccc(-c6cccc7ccc(C)nc67)nc5)[Si](C)(C)C)c4)[Si](C)(C)C)cn3)c2n1. The molecule has 4 aromatic carbocycles. The third-order valence-corrected chi connectivity index (χ3v) is 19.1. The summed E-state index contributed by atoms with van der Waals surface area (Å²) >= 11 is 0. The quantitative estimate of drug-likeness (QED) is 0.109. The topological polar surface area (TPSA) is 138 Å². The smallest absolute Gasteiger partial charge is 0.250 e. The Hall–Kier alpha value is -8.38. The first-order valence-electron chi connectivity index (χ1n) is 26.2. The van der Waals surface area contributed by atoms with Crippen LogP contribution in [0.2, 0.25) is 58.9 Å². The molecule has 10 aromatic rings. The van der Waals surface area contributed by atoms with Crippen molar-refractivity contribution in [2.45, 2.75) is 79.7 Å². The van der Waals surface area contributed by atoms with Gasteiger partial charge in [-0.25, -0.2) is 0 Å². The van der Waals surface area contributed by atoms with E-state index in [1.807, 2.05) is 144 Å². The van der Waals surface area contributed by atoms with Gasteiger partial charge >= 0.3 is 0 Å². The predicted octanol–water partition coefficient (Wildman–Crippen LogP) is 14.9. The van der Waals surface area contributed by atoms with Gasteiger partial charge in [0.25, 0.3) is 0 Å². The molecule has 15 heteroatoms. The van der Waals surface area contributed by atoms with E-state index in [0.29, 0.717) is 17.1 Å². The van der Waals surface area contributed by atoms with Crippen LogP contribution < -0.4 is 13.7 Å². The van der Waals surface area contributed by atoms with Gasteiger partial charge in [-0.05, 0) is 93.6 Å². The number of para-hydroxylation sites is 3. The highest BCUT2D eigenvalue weighted by Gasteiger charge is 2.37. The zero-order valence-corrected chi connectivity index (χ0v) is 49.3. The van der Waals surface area contributed by atoms with Crippen LogP contribution in [-0.4, -0.2) is 72.3 Å². The molecule has 0 aliphatic carbocycles. The Morgan fingerprint density at radius 1 is 0.346 bits per heavy atom. The molecular formula is C63H63N9O3Si3. The van der Waals surface area contributed by atoms with Crippen molar-refractivity contribution in [1.29, 1.82) is 0 Å². The Bertz CT molecular complexity index is 3560. The van der Waals surface area contributed by atoms with Crippen LogP contribution in [0.5, 0.6) is 0 Å². The van der Waals surface area contributed by atoms with Crippen molar-refractivity contribution in [3.63, 3.8) is 0 Å². The third kappa shape index (κ3) is 10.6. The molecule has 12 nitrogen and oxygen atoms in total. The number of benzene rings is 4. The molecule has 0 aliphatic rings. The number of carbonyl (C=O) groups is 3. The number of nitrogens with zero attached hydrogens (tertiary/aromatic N) is 9. The van der Waals surface area contributed by atoms with Crippen molar-refractivity contribution in [2.75, 3.05) is 13.7 Å². The van der Waals surface area contributed by atoms with Gasteiger partial charge in [0.2, 0.25) is 17.7 Å². The van der Waals surface area contributed by atoms with Crippen LogP contribution in [0.1, 0.15) is 48.2 Å². The van der Waals surface area contributed by atoms with Crippen molar-refractivity contribution >= 4 is 92.2 Å². The number of aromatic nitrogens is 6. The normalized spacial score (nSPS) is 12.0. The molecule has 0 fully saturated rings. The second kappa shape index (κ2) is 20.5. The molecule has 0 aliphatic heterocycles. The summed E-state index contributed by atoms with van der Waals surface area (Å²) in [5.74, 6) is -1.03. The van der Waals surface area contributed by atoms with Gasteiger partial charge in [-0.15, -0.1) is 0 Å². The van der Waals surface area contributed by atoms with Crippen LogP contribution in [0.15, 0.2) is 164 Å². The van der Waals surface area contributed by atoms with Gasteiger partial charge in [-0.3, -0.25) is 44.3 Å². The predicted molar refractivity (Wildman–Crippen MR) is 326 cm³/mol. The minimum absolute atomic E-state index is 0.204. The van der Waals surface area contributed by atoms with E-state index in [0.717, 1.165) is 83.6 Å². The van der Waals surface area contributed by atoms with Crippen molar-refractivity contribution in [1.82, 2.24) is 29.9 Å². The second-order valence-electron chi connectivity index (χ2n) is 22.9. The minimum atomic E-state index is -2.60. The Morgan fingerprint density at radius 2 is 0.615 bits per heavy atom. The molecule has 78 heavy (non-hydrogen) atoms. The maximum atomic E-state index is 15.6. The molecule has 0 saturated heterocycles. The summed E-state index contributed by atoms with van der Waals surface area (Å²) in [5.41, 5.74) is 12.5. The lowest BCUT2D eigenvalue weighted by Crippen LogP contribution is -2.52. The fraction of sp³-hybridized carbons (Fsp3) is 0.190. The van der Waals surface area contributed by atoms with E-state index in [9.17, 15) is 0 Å². The zero-order chi connectivity index (χ0) is 55.4. The van der Waals surface area contributed by atoms with Crippen LogP contribution in [0, 0.1) is 20.8 Å². The van der Waals surface area contributed by atoms with Crippen LogP contribution in [0.25, 0.3) is 66.5 Å². The Morgan fingerprint density at radius 3 is 0.846 bits per heavy atom. The molecular weight excluding hydrogens is 1020 g/mol. The Balaban J connectivity index is 1.07. The molecule has 0 unspecified atom stereocenters. The van der Waals surface area contributed by atoms with Crippen molar-refractivity contribution < 1.29 is 14.4 Å². The highest BCUT2D eigenvalue weighted by Crippen LogP contribution is 2.35. The second-order valence-corrected chi connectivity index (χ2v) is 37.3. The van der Waals surface area contributed by atoms with E-state index in [-0.39, 0.29) is 34.4 Å². The summed E-state index contributed by atoms with van der Waals surface area (Å²) in [4.78, 5) is 76.2. The van der Waals surface area contributed by atoms with Crippen molar-refractivity contribution in [3.05, 3.63) is 198 Å². The van der Waals surface area contributed by atoms with Crippen molar-refractivity contribution in [2.24, 2.45) is 0 Å². The van der Waals surface area contributed by atoms with E-state index in [1.165, 1.54) is 0 Å². The van der Waals surface area contributed by atoms with E-state index in [4.69, 9.17) is 29.9 Å². The molecule has 0 N–H and O–H groups in total. The van der Waals surface area contributed by atoms with E-state index in [2.05, 4.69) is 77.1 Å². The maximum Gasteiger partial charge on any atom is 0.250 e. The molecule has 3 amide bonds. The summed E-state index contributed by atoms with van der Waals surface area (Å²) in [6.07, 6.45) is 5.21. The third-order valence-electron chi connectivity index (χ3n) is 13.7. The molecule has 0 saturated carbocycles. The Kier molecular flexibility index (Phi) is 14.0. The highest BCUT2D eigenvalue weighted by atomic mass is 28.3. The number of amides is 3. The van der Waals surface area contributed by atoms with Gasteiger partial charge < -0.3 is 13.7 Å². The molecule has 6 aromatic heterocycles. The zero-order valence-electron chi connectivity index (χ0n) is 46.3. The van der Waals surface area contributed by atoms with Crippen LogP contribution >= 0.6 is 0 Å². The molecule has 6 heterocycles. The molecule has 0 bridgehead atoms. The fourth-order valence-corrected chi connectivity index (χ4v) is 15.1. The minimum Gasteiger partial charge on any atom is -0.336 e. The average molecular weight is 1080 g/mol. The first kappa shape index (κ1) is 53.0. The monoisotopic (exact) mass is 1080 g/mol. The lowest BCUT2D eigenvalue weighted by Gasteiger charge is -2.36. The lowest BCUT2D eigenvalue weighted by molar-refractivity contribution is 0.100. The largest absolute Gasteiger partial charge is 0.336 e. The van der Waals surface area contributed by atoms with Gasteiger partial charge in [0.1, 0.15) is 0 Å². The highest BCUT2D eigenvalue weighted by molar-refractivity contribution is 6.84. The van der Waals surface area contributed by atoms with Crippen LogP contribution in [-0.2, 0) is 0 Å². The van der Waals surface area contributed by atoms with Gasteiger partial charge in [0.05, 0.1) is 69.3 Å². The molecule has 390 valence electrons. The van der Waals surface area contributed by atoms with Gasteiger partial charge in [0.15, 0.2) is 24.7 Å². The van der Waals surface area contributed by atoms with Crippen LogP contribution in [0.3, 0.4) is 0 Å². The lowest BCUT2D eigenvalue weighted by atomic mass is 10.0. The number of aryl methyl sites for hydroxylation is 3. The number of hydrogen-bond donors (Lipinski definition) is 0. The maximum absolute atomic E-state index is 15.6. The first-order chi connectivity index (χ1) is 37.0. The summed E-state index contributed by atoms with van der Waals surface area (Å²) in [6.45, 7) is 24.7. The number of rotatable bonds is 12. The summed E-state index contributed by atoms with van der Waals surface area (Å²) < 4.78 is 5.45. The Labute approximate surface area is 459 Å². The molecule has 0 atom stereocenters. The van der Waals surface area contributed by atoms with E-state index >= 15 is 14.4 Å². The number of anilines is 3. The molecule has 0 spiro atoms. The number of pyridine rings is 6. The number of fused-ring (bicyclic) bond motifs is 3. The van der Waals surface area contributed by atoms with Gasteiger partial charge in [0, 0.05) is 66.6 Å². The summed E-state index contributed by atoms with van der Waals surface area (Å²) in [7, 11) is -7.79. The summed E-state index contributed by atoms with van der Waals surface area (Å²) in [6, 6.07) is 46.8. The molecule has 0 radical (unpaired) electrons. The average Bonchev–Trinajstić information content (AvgIpc) is 3.46. The first-order valence-corrected chi connectivity index (χ1v) is 36.5. The molecule has 10 rings (SSSR count). The number of hydrogen-bond acceptors (Lipinski definition) is 9. The van der Waals surface area contributed by atoms with Gasteiger partial charge in [-0.1, -0.05) is 132 Å². The van der Waals surface area contributed by atoms with Crippen LogP contribution in [0.4, 0.5) is 17.1 Å². The number of carbonyl (C=O) groups excluding carboxylic acids is 3.